The van der Waals surface area contributed by atoms with E-state index in [4.69, 9.17) is 0 Å². The number of hydrogen-bond donors (Lipinski definition) is 1. The highest BCUT2D eigenvalue weighted by molar-refractivity contribution is 6.05. The molecule has 0 saturated carbocycles. The average Bonchev–Trinajstić information content (AvgIpc) is 3.09. The molecule has 6 heteroatoms. The van der Waals surface area contributed by atoms with E-state index in [2.05, 4.69) is 15.4 Å². The van der Waals surface area contributed by atoms with Crippen molar-refractivity contribution in [2.24, 2.45) is 0 Å². The molecule has 0 aliphatic carbocycles. The number of rotatable bonds is 4. The fourth-order valence-corrected chi connectivity index (χ4v) is 3.05. The molecule has 0 spiro atoms. The third-order valence-corrected chi connectivity index (χ3v) is 4.58. The molecule has 28 heavy (non-hydrogen) atoms. The summed E-state index contributed by atoms with van der Waals surface area (Å²) in [5.74, 6) is 0.307. The molecule has 0 unspecified atom stereocenters. The Balaban J connectivity index is 1.63. The molecule has 0 aliphatic heterocycles. The van der Waals surface area contributed by atoms with Gasteiger partial charge in [0.05, 0.1) is 23.0 Å². The van der Waals surface area contributed by atoms with Gasteiger partial charge in [-0.15, -0.1) is 0 Å². The van der Waals surface area contributed by atoms with Crippen molar-refractivity contribution in [3.05, 3.63) is 83.7 Å². The first-order valence-electron chi connectivity index (χ1n) is 8.86. The Morgan fingerprint density at radius 3 is 2.64 bits per heavy atom. The zero-order valence-electron chi connectivity index (χ0n) is 15.5. The summed E-state index contributed by atoms with van der Waals surface area (Å²) in [4.78, 5) is 28.9. The van der Waals surface area contributed by atoms with E-state index >= 15 is 0 Å². The zero-order chi connectivity index (χ0) is 19.7. The van der Waals surface area contributed by atoms with E-state index in [1.54, 1.807) is 28.9 Å². The molecule has 0 radical (unpaired) electrons. The van der Waals surface area contributed by atoms with Gasteiger partial charge in [0.2, 0.25) is 0 Å². The Morgan fingerprint density at radius 1 is 1.00 bits per heavy atom. The number of benzene rings is 2. The number of anilines is 1. The first-order chi connectivity index (χ1) is 13.5. The van der Waals surface area contributed by atoms with Gasteiger partial charge in [-0.1, -0.05) is 30.3 Å². The molecule has 138 valence electrons. The van der Waals surface area contributed by atoms with Crippen molar-refractivity contribution in [3.63, 3.8) is 0 Å². The SMILES string of the molecule is CC(=O)c1cccc(NC(=O)c2cnn(-c3ccc4ccccc4n3)c2C)c1. The van der Waals surface area contributed by atoms with Crippen LogP contribution < -0.4 is 5.32 Å². The highest BCUT2D eigenvalue weighted by Crippen LogP contribution is 2.19. The molecular formula is C22H18N4O2. The Labute approximate surface area is 161 Å². The van der Waals surface area contributed by atoms with Gasteiger partial charge in [0.15, 0.2) is 11.6 Å². The van der Waals surface area contributed by atoms with Crippen LogP contribution in [0.1, 0.15) is 33.3 Å². The number of pyridine rings is 1. The van der Waals surface area contributed by atoms with Gasteiger partial charge in [-0.2, -0.15) is 5.10 Å². The van der Waals surface area contributed by atoms with Gasteiger partial charge in [-0.25, -0.2) is 9.67 Å². The van der Waals surface area contributed by atoms with E-state index in [0.29, 0.717) is 28.3 Å². The minimum atomic E-state index is -0.287. The molecule has 4 rings (SSSR count). The fourth-order valence-electron chi connectivity index (χ4n) is 3.05. The number of amides is 1. The van der Waals surface area contributed by atoms with Crippen molar-refractivity contribution in [2.75, 3.05) is 5.32 Å². The van der Waals surface area contributed by atoms with E-state index in [9.17, 15) is 9.59 Å². The Bertz CT molecular complexity index is 1210. The fraction of sp³-hybridized carbons (Fsp3) is 0.0909. The number of nitrogens with zero attached hydrogens (tertiary/aromatic N) is 3. The van der Waals surface area contributed by atoms with Crippen LogP contribution in [0.3, 0.4) is 0 Å². The lowest BCUT2D eigenvalue weighted by Gasteiger charge is -2.08. The lowest BCUT2D eigenvalue weighted by Crippen LogP contribution is -2.13. The van der Waals surface area contributed by atoms with Crippen LogP contribution in [0.4, 0.5) is 5.69 Å². The van der Waals surface area contributed by atoms with Crippen LogP contribution in [0.15, 0.2) is 66.9 Å². The number of Topliss-reactive ketones (excluding diaryl/α,β-unsaturated/α-hetero) is 1. The monoisotopic (exact) mass is 370 g/mol. The van der Waals surface area contributed by atoms with Crippen LogP contribution in [-0.4, -0.2) is 26.5 Å². The van der Waals surface area contributed by atoms with Gasteiger partial charge in [-0.05, 0) is 44.2 Å². The van der Waals surface area contributed by atoms with Gasteiger partial charge >= 0.3 is 0 Å². The molecule has 1 N–H and O–H groups in total. The van der Waals surface area contributed by atoms with Gasteiger partial charge in [0.1, 0.15) is 0 Å². The van der Waals surface area contributed by atoms with Gasteiger partial charge in [-0.3, -0.25) is 9.59 Å². The van der Waals surface area contributed by atoms with E-state index in [0.717, 1.165) is 10.9 Å². The summed E-state index contributed by atoms with van der Waals surface area (Å²) in [6.07, 6.45) is 1.52. The maximum atomic E-state index is 12.7. The number of para-hydroxylation sites is 1. The summed E-state index contributed by atoms with van der Waals surface area (Å²) in [5, 5.41) is 8.21. The number of aromatic nitrogens is 3. The molecule has 2 heterocycles. The summed E-state index contributed by atoms with van der Waals surface area (Å²) in [6.45, 7) is 3.32. The van der Waals surface area contributed by atoms with E-state index in [1.165, 1.54) is 13.1 Å². The summed E-state index contributed by atoms with van der Waals surface area (Å²) >= 11 is 0. The summed E-state index contributed by atoms with van der Waals surface area (Å²) in [7, 11) is 0. The third kappa shape index (κ3) is 3.27. The van der Waals surface area contributed by atoms with Gasteiger partial charge < -0.3 is 5.32 Å². The van der Waals surface area contributed by atoms with Crippen molar-refractivity contribution in [3.8, 4) is 5.82 Å². The molecule has 0 aliphatic rings. The first-order valence-corrected chi connectivity index (χ1v) is 8.86. The molecule has 0 fully saturated rings. The van der Waals surface area contributed by atoms with Crippen molar-refractivity contribution in [1.82, 2.24) is 14.8 Å². The number of ketones is 1. The van der Waals surface area contributed by atoms with Crippen molar-refractivity contribution in [2.45, 2.75) is 13.8 Å². The molecule has 0 bridgehead atoms. The molecule has 2 aromatic carbocycles. The molecule has 1 amide bonds. The van der Waals surface area contributed by atoms with Crippen LogP contribution in [-0.2, 0) is 0 Å². The number of hydrogen-bond acceptors (Lipinski definition) is 4. The second-order valence-corrected chi connectivity index (χ2v) is 6.51. The number of nitrogens with one attached hydrogen (secondary N) is 1. The van der Waals surface area contributed by atoms with Crippen molar-refractivity contribution < 1.29 is 9.59 Å². The van der Waals surface area contributed by atoms with Gasteiger partial charge in [0, 0.05) is 16.6 Å². The van der Waals surface area contributed by atoms with Crippen LogP contribution in [0, 0.1) is 6.92 Å². The molecular weight excluding hydrogens is 352 g/mol. The minimum Gasteiger partial charge on any atom is -0.322 e. The Hall–Kier alpha value is -3.80. The quantitative estimate of drug-likeness (QED) is 0.547. The normalized spacial score (nSPS) is 10.8. The standard InChI is InChI=1S/C22H18N4O2/c1-14-19(22(28)24-18-8-5-7-17(12-18)15(2)27)13-23-26(14)21-11-10-16-6-3-4-9-20(16)25-21/h3-13H,1-2H3,(H,24,28). The summed E-state index contributed by atoms with van der Waals surface area (Å²) in [5.41, 5.74) is 3.10. The molecule has 0 atom stereocenters. The number of carbonyl (C=O) groups excluding carboxylic acids is 2. The predicted molar refractivity (Wildman–Crippen MR) is 108 cm³/mol. The Morgan fingerprint density at radius 2 is 1.82 bits per heavy atom. The lowest BCUT2D eigenvalue weighted by atomic mass is 10.1. The van der Waals surface area contributed by atoms with E-state index < -0.39 is 0 Å². The highest BCUT2D eigenvalue weighted by atomic mass is 16.1. The van der Waals surface area contributed by atoms with E-state index in [-0.39, 0.29) is 11.7 Å². The summed E-state index contributed by atoms with van der Waals surface area (Å²) < 4.78 is 1.65. The number of fused-ring (bicyclic) bond motifs is 1. The van der Waals surface area contributed by atoms with Gasteiger partial charge in [0.25, 0.3) is 5.91 Å². The van der Waals surface area contributed by atoms with E-state index in [1.807, 2.05) is 43.3 Å². The maximum Gasteiger partial charge on any atom is 0.259 e. The van der Waals surface area contributed by atoms with Crippen molar-refractivity contribution >= 4 is 28.3 Å². The zero-order valence-corrected chi connectivity index (χ0v) is 15.5. The summed E-state index contributed by atoms with van der Waals surface area (Å²) in [6, 6.07) is 18.5. The molecule has 4 aromatic rings. The molecule has 2 aromatic heterocycles. The number of carbonyl (C=O) groups is 2. The highest BCUT2D eigenvalue weighted by Gasteiger charge is 2.16. The van der Waals surface area contributed by atoms with Crippen LogP contribution in [0.25, 0.3) is 16.7 Å². The van der Waals surface area contributed by atoms with Crippen LogP contribution >= 0.6 is 0 Å². The Kier molecular flexibility index (Phi) is 4.45. The smallest absolute Gasteiger partial charge is 0.259 e. The molecule has 6 nitrogen and oxygen atoms in total. The second kappa shape index (κ2) is 7.08. The predicted octanol–water partition coefficient (Wildman–Crippen LogP) is 4.18. The van der Waals surface area contributed by atoms with Crippen LogP contribution in [0.5, 0.6) is 0 Å². The topological polar surface area (TPSA) is 76.9 Å². The largest absolute Gasteiger partial charge is 0.322 e. The first kappa shape index (κ1) is 17.6. The van der Waals surface area contributed by atoms with Crippen molar-refractivity contribution in [1.29, 1.82) is 0 Å². The second-order valence-electron chi connectivity index (χ2n) is 6.51. The average molecular weight is 370 g/mol. The lowest BCUT2D eigenvalue weighted by molar-refractivity contribution is 0.101. The maximum absolute atomic E-state index is 12.7. The van der Waals surface area contributed by atoms with Crippen LogP contribution in [0.2, 0.25) is 0 Å². The minimum absolute atomic E-state index is 0.0533. The third-order valence-electron chi connectivity index (χ3n) is 4.58. The molecule has 0 saturated heterocycles.